The molecule has 0 aliphatic heterocycles. The third-order valence-electron chi connectivity index (χ3n) is 4.85. The molecule has 1 N–H and O–H groups in total. The molecule has 158 valence electrons. The highest BCUT2D eigenvalue weighted by atomic mass is 19.4. The molecule has 9 heteroatoms. The predicted octanol–water partition coefficient (Wildman–Crippen LogP) is 4.44. The molecular formula is C22H18F3N5O. The molecule has 0 saturated carbocycles. The molecule has 3 heterocycles. The molecule has 0 bridgehead atoms. The van der Waals surface area contributed by atoms with E-state index >= 15 is 0 Å². The largest absolute Gasteiger partial charge is 0.412 e. The lowest BCUT2D eigenvalue weighted by Crippen LogP contribution is -2.38. The van der Waals surface area contributed by atoms with Gasteiger partial charge in [-0.15, -0.1) is 0 Å². The minimum absolute atomic E-state index is 0.0618. The molecule has 0 radical (unpaired) electrons. The van der Waals surface area contributed by atoms with Crippen molar-refractivity contribution < 1.29 is 18.0 Å². The monoisotopic (exact) mass is 425 g/mol. The molecular weight excluding hydrogens is 407 g/mol. The molecule has 4 rings (SSSR count). The van der Waals surface area contributed by atoms with Gasteiger partial charge in [0.2, 0.25) is 0 Å². The van der Waals surface area contributed by atoms with Crippen molar-refractivity contribution in [2.45, 2.75) is 26.1 Å². The third-order valence-corrected chi connectivity index (χ3v) is 4.85. The number of halogens is 3. The van der Waals surface area contributed by atoms with Gasteiger partial charge in [0.1, 0.15) is 6.33 Å². The van der Waals surface area contributed by atoms with Gasteiger partial charge >= 0.3 is 6.18 Å². The van der Waals surface area contributed by atoms with Crippen molar-refractivity contribution in [2.24, 2.45) is 0 Å². The number of aromatic nitrogens is 4. The van der Waals surface area contributed by atoms with Crippen molar-refractivity contribution in [3.8, 4) is 11.4 Å². The van der Waals surface area contributed by atoms with Crippen LogP contribution in [0.2, 0.25) is 0 Å². The summed E-state index contributed by atoms with van der Waals surface area (Å²) < 4.78 is 42.7. The number of amides is 1. The van der Waals surface area contributed by atoms with E-state index in [1.54, 1.807) is 60.8 Å². The number of alkyl halides is 3. The van der Waals surface area contributed by atoms with Gasteiger partial charge in [0.15, 0.2) is 17.4 Å². The minimum atomic E-state index is -4.68. The molecule has 1 aromatic carbocycles. The van der Waals surface area contributed by atoms with E-state index in [-0.39, 0.29) is 16.9 Å². The van der Waals surface area contributed by atoms with Crippen LogP contribution in [0.1, 0.15) is 33.4 Å². The second-order valence-corrected chi connectivity index (χ2v) is 7.14. The average molecular weight is 425 g/mol. The summed E-state index contributed by atoms with van der Waals surface area (Å²) in [6.07, 6.45) is -1.71. The number of fused-ring (bicyclic) bond motifs is 1. The Hall–Kier alpha value is -3.75. The van der Waals surface area contributed by atoms with Gasteiger partial charge in [0.25, 0.3) is 5.91 Å². The highest BCUT2D eigenvalue weighted by Gasteiger charge is 2.42. The van der Waals surface area contributed by atoms with E-state index in [1.165, 1.54) is 18.5 Å². The molecule has 4 aromatic rings. The number of carbonyl (C=O) groups is 1. The van der Waals surface area contributed by atoms with Crippen LogP contribution in [-0.4, -0.2) is 31.4 Å². The maximum absolute atomic E-state index is 13.7. The van der Waals surface area contributed by atoms with Crippen molar-refractivity contribution in [2.75, 3.05) is 0 Å². The number of hydrogen-bond acceptors (Lipinski definition) is 4. The fourth-order valence-electron chi connectivity index (χ4n) is 3.24. The predicted molar refractivity (Wildman–Crippen MR) is 108 cm³/mol. The smallest absolute Gasteiger partial charge is 0.335 e. The van der Waals surface area contributed by atoms with Gasteiger partial charge in [0.05, 0.1) is 11.4 Å². The zero-order valence-electron chi connectivity index (χ0n) is 16.7. The maximum Gasteiger partial charge on any atom is 0.412 e. The molecule has 6 nitrogen and oxygen atoms in total. The van der Waals surface area contributed by atoms with Crippen LogP contribution in [0.3, 0.4) is 0 Å². The molecule has 0 spiro atoms. The molecule has 1 amide bonds. The Morgan fingerprint density at radius 3 is 2.42 bits per heavy atom. The van der Waals surface area contributed by atoms with Crippen LogP contribution in [0.4, 0.5) is 13.2 Å². The van der Waals surface area contributed by atoms with Crippen molar-refractivity contribution >= 4 is 11.6 Å². The molecule has 0 aliphatic rings. The second kappa shape index (κ2) is 7.82. The number of nitrogens with zero attached hydrogens (tertiary/aromatic N) is 4. The number of imidazole rings is 1. The van der Waals surface area contributed by atoms with Crippen LogP contribution in [-0.2, 0) is 0 Å². The second-order valence-electron chi connectivity index (χ2n) is 7.14. The van der Waals surface area contributed by atoms with E-state index in [1.807, 2.05) is 0 Å². The van der Waals surface area contributed by atoms with Gasteiger partial charge < -0.3 is 5.32 Å². The van der Waals surface area contributed by atoms with Crippen LogP contribution in [0, 0.1) is 13.8 Å². The lowest BCUT2D eigenvalue weighted by molar-refractivity contribution is -0.155. The van der Waals surface area contributed by atoms with Gasteiger partial charge in [-0.25, -0.2) is 9.97 Å². The number of hydrogen-bond donors (Lipinski definition) is 1. The molecule has 0 aliphatic carbocycles. The third kappa shape index (κ3) is 4.11. The summed E-state index contributed by atoms with van der Waals surface area (Å²) in [6.45, 7) is 3.56. The zero-order valence-corrected chi connectivity index (χ0v) is 16.7. The Kier molecular flexibility index (Phi) is 5.18. The summed E-state index contributed by atoms with van der Waals surface area (Å²) in [5.41, 5.74) is 2.50. The van der Waals surface area contributed by atoms with Gasteiger partial charge in [-0.05, 0) is 37.6 Å². The molecule has 0 fully saturated rings. The van der Waals surface area contributed by atoms with Crippen molar-refractivity contribution in [1.29, 1.82) is 0 Å². The van der Waals surface area contributed by atoms with Crippen molar-refractivity contribution in [1.82, 2.24) is 24.7 Å². The lowest BCUT2D eigenvalue weighted by atomic mass is 10.0. The minimum Gasteiger partial charge on any atom is -0.335 e. The summed E-state index contributed by atoms with van der Waals surface area (Å²) in [6, 6.07) is 10.7. The molecule has 3 aromatic heterocycles. The van der Waals surface area contributed by atoms with Crippen LogP contribution >= 0.6 is 0 Å². The van der Waals surface area contributed by atoms with E-state index < -0.39 is 18.1 Å². The van der Waals surface area contributed by atoms with Gasteiger partial charge in [-0.3, -0.25) is 14.2 Å². The summed E-state index contributed by atoms with van der Waals surface area (Å²) in [5, 5.41) is 2.07. The van der Waals surface area contributed by atoms with Crippen molar-refractivity contribution in [3.63, 3.8) is 0 Å². The van der Waals surface area contributed by atoms with E-state index in [4.69, 9.17) is 0 Å². The first-order valence-electron chi connectivity index (χ1n) is 9.44. The first-order chi connectivity index (χ1) is 14.7. The number of benzene rings is 1. The summed E-state index contributed by atoms with van der Waals surface area (Å²) >= 11 is 0. The molecule has 0 saturated heterocycles. The van der Waals surface area contributed by atoms with E-state index in [0.717, 1.165) is 5.56 Å². The lowest BCUT2D eigenvalue weighted by Gasteiger charge is -2.22. The fourth-order valence-corrected chi connectivity index (χ4v) is 3.24. The van der Waals surface area contributed by atoms with Gasteiger partial charge in [-0.1, -0.05) is 35.9 Å². The Balaban J connectivity index is 1.73. The normalized spacial score (nSPS) is 12.7. The van der Waals surface area contributed by atoms with Crippen molar-refractivity contribution in [3.05, 3.63) is 83.6 Å². The molecule has 31 heavy (non-hydrogen) atoms. The topological polar surface area (TPSA) is 72.2 Å². The highest BCUT2D eigenvalue weighted by molar-refractivity contribution is 5.98. The molecule has 1 atom stereocenters. The van der Waals surface area contributed by atoms with Crippen LogP contribution in [0.15, 0.2) is 61.1 Å². The number of nitrogens with one attached hydrogen (secondary N) is 1. The first kappa shape index (κ1) is 20.5. The maximum atomic E-state index is 13.7. The first-order valence-corrected chi connectivity index (χ1v) is 9.44. The van der Waals surface area contributed by atoms with Crippen LogP contribution in [0.25, 0.3) is 17.0 Å². The Morgan fingerprint density at radius 2 is 1.77 bits per heavy atom. The van der Waals surface area contributed by atoms with Gasteiger partial charge in [0, 0.05) is 11.9 Å². The summed E-state index contributed by atoms with van der Waals surface area (Å²) in [4.78, 5) is 25.5. The number of pyridine rings is 1. The van der Waals surface area contributed by atoms with E-state index in [0.29, 0.717) is 17.1 Å². The summed E-state index contributed by atoms with van der Waals surface area (Å²) in [5.74, 6) is -0.963. The molecule has 1 unspecified atom stereocenters. The fraction of sp³-hybridized carbons (Fsp3) is 0.182. The highest BCUT2D eigenvalue weighted by Crippen LogP contribution is 2.33. The SMILES string of the molecule is Cc1ccc(C(NC(=O)c2ncn3c(C)cc(-c4ccccn4)nc23)C(F)(F)F)cc1. The average Bonchev–Trinajstić information content (AvgIpc) is 3.17. The van der Waals surface area contributed by atoms with E-state index in [2.05, 4.69) is 20.3 Å². The number of carbonyl (C=O) groups excluding carboxylic acids is 1. The Bertz CT molecular complexity index is 1230. The Labute approximate surface area is 175 Å². The van der Waals surface area contributed by atoms with Gasteiger partial charge in [-0.2, -0.15) is 13.2 Å². The Morgan fingerprint density at radius 1 is 1.03 bits per heavy atom. The quantitative estimate of drug-likeness (QED) is 0.525. The van der Waals surface area contributed by atoms with Crippen LogP contribution < -0.4 is 5.32 Å². The summed E-state index contributed by atoms with van der Waals surface area (Å²) in [7, 11) is 0. The van der Waals surface area contributed by atoms with E-state index in [9.17, 15) is 18.0 Å². The van der Waals surface area contributed by atoms with Crippen LogP contribution in [0.5, 0.6) is 0 Å². The number of aryl methyl sites for hydroxylation is 2. The zero-order chi connectivity index (χ0) is 22.2. The standard InChI is InChI=1S/C22H18F3N5O/c1-13-6-8-15(9-7-13)19(22(23,24)25)29-21(31)18-20-28-17(16-5-3-4-10-26-16)11-14(2)30(20)12-27-18/h3-12,19H,1-2H3,(H,29,31). The number of rotatable bonds is 4.